The number of aryl methyl sites for hydroxylation is 1. The summed E-state index contributed by atoms with van der Waals surface area (Å²) >= 11 is 0. The number of hydrogen-bond donors (Lipinski definition) is 1. The Kier molecular flexibility index (Phi) is 10.7. The van der Waals surface area contributed by atoms with Gasteiger partial charge in [0, 0.05) is 0 Å². The van der Waals surface area contributed by atoms with Crippen LogP contribution in [-0.4, -0.2) is 41.7 Å². The lowest BCUT2D eigenvalue weighted by atomic mass is 10.0. The minimum Gasteiger partial charge on any atom is -0.479 e. The molecule has 24 heavy (non-hydrogen) atoms. The summed E-state index contributed by atoms with van der Waals surface area (Å²) in [5.41, 5.74) is 2.14. The van der Waals surface area contributed by atoms with Crippen LogP contribution in [0.5, 0.6) is 5.75 Å². The van der Waals surface area contributed by atoms with Crippen LogP contribution < -0.4 is 4.74 Å². The summed E-state index contributed by atoms with van der Waals surface area (Å²) in [5.74, 6) is 0.117. The number of aliphatic carboxylic acids is 1. The Morgan fingerprint density at radius 2 is 1.88 bits per heavy atom. The van der Waals surface area contributed by atoms with Gasteiger partial charge in [0.25, 0.3) is 0 Å². The van der Waals surface area contributed by atoms with Gasteiger partial charge in [-0.2, -0.15) is 0 Å². The van der Waals surface area contributed by atoms with Gasteiger partial charge in [0.1, 0.15) is 5.75 Å². The van der Waals surface area contributed by atoms with Crippen molar-refractivity contribution in [2.24, 2.45) is 0 Å². The lowest BCUT2D eigenvalue weighted by Gasteiger charge is -2.22. The predicted octanol–water partition coefficient (Wildman–Crippen LogP) is 4.49. The van der Waals surface area contributed by atoms with Crippen molar-refractivity contribution in [3.8, 4) is 5.75 Å². The van der Waals surface area contributed by atoms with Crippen LogP contribution in [0.3, 0.4) is 0 Å². The van der Waals surface area contributed by atoms with E-state index in [1.807, 2.05) is 25.1 Å². The maximum absolute atomic E-state index is 11.5. The summed E-state index contributed by atoms with van der Waals surface area (Å²) in [6.45, 7) is 13.3. The fraction of sp³-hybridized carbons (Fsp3) is 0.632. The molecule has 5 heteroatoms. The number of nitrogens with zero attached hydrogens (tertiary/aromatic N) is 1. The van der Waals surface area contributed by atoms with E-state index in [0.717, 1.165) is 37.2 Å². The van der Waals surface area contributed by atoms with E-state index in [-0.39, 0.29) is 12.4 Å². The molecule has 1 aromatic carbocycles. The van der Waals surface area contributed by atoms with Gasteiger partial charge in [-0.1, -0.05) is 39.8 Å². The van der Waals surface area contributed by atoms with E-state index in [2.05, 4.69) is 32.6 Å². The highest BCUT2D eigenvalue weighted by molar-refractivity contribution is 5.85. The van der Waals surface area contributed by atoms with Crippen molar-refractivity contribution >= 4 is 18.4 Å². The SMILES string of the molecule is CCN(CC)CCCC(Oc1cc(C)ccc1C(C)C)C(=O)O.Cl. The number of benzene rings is 1. The van der Waals surface area contributed by atoms with Crippen LogP contribution in [0.4, 0.5) is 0 Å². The van der Waals surface area contributed by atoms with Crippen LogP contribution in [0.2, 0.25) is 0 Å². The van der Waals surface area contributed by atoms with Crippen LogP contribution in [0.1, 0.15) is 57.6 Å². The van der Waals surface area contributed by atoms with Crippen LogP contribution >= 0.6 is 12.4 Å². The molecule has 0 saturated heterocycles. The molecule has 1 unspecified atom stereocenters. The first kappa shape index (κ1) is 22.7. The lowest BCUT2D eigenvalue weighted by molar-refractivity contribution is -0.145. The number of rotatable bonds is 10. The number of carboxylic acid groups (broad SMARTS) is 1. The highest BCUT2D eigenvalue weighted by Crippen LogP contribution is 2.29. The molecule has 0 heterocycles. The predicted molar refractivity (Wildman–Crippen MR) is 102 cm³/mol. The van der Waals surface area contributed by atoms with Gasteiger partial charge in [-0.05, 0) is 62.5 Å². The summed E-state index contributed by atoms with van der Waals surface area (Å²) in [7, 11) is 0. The highest BCUT2D eigenvalue weighted by Gasteiger charge is 2.21. The Balaban J connectivity index is 0.00000529. The number of carboxylic acids is 1. The van der Waals surface area contributed by atoms with Gasteiger partial charge in [0.2, 0.25) is 0 Å². The minimum absolute atomic E-state index is 0. The molecule has 0 aliphatic carbocycles. The molecule has 0 bridgehead atoms. The topological polar surface area (TPSA) is 49.8 Å². The van der Waals surface area contributed by atoms with Crippen molar-refractivity contribution in [2.45, 2.75) is 59.5 Å². The molecule has 4 nitrogen and oxygen atoms in total. The third kappa shape index (κ3) is 7.10. The standard InChI is InChI=1S/C19H31NO3.ClH/c1-6-20(7-2)12-8-9-17(19(21)22)23-18-13-15(5)10-11-16(18)14(3)4;/h10-11,13-14,17H,6-9,12H2,1-5H3,(H,21,22);1H. The van der Waals surface area contributed by atoms with Crippen molar-refractivity contribution in [3.05, 3.63) is 29.3 Å². The Bertz CT molecular complexity index is 501. The molecule has 138 valence electrons. The first-order valence-electron chi connectivity index (χ1n) is 8.61. The van der Waals surface area contributed by atoms with E-state index in [0.29, 0.717) is 18.1 Å². The molecular weight excluding hydrogens is 326 g/mol. The Morgan fingerprint density at radius 1 is 1.25 bits per heavy atom. The average Bonchev–Trinajstić information content (AvgIpc) is 2.50. The van der Waals surface area contributed by atoms with Crippen molar-refractivity contribution in [2.75, 3.05) is 19.6 Å². The molecule has 0 fully saturated rings. The second-order valence-electron chi connectivity index (χ2n) is 6.31. The monoisotopic (exact) mass is 357 g/mol. The molecule has 1 rings (SSSR count). The van der Waals surface area contributed by atoms with E-state index in [4.69, 9.17) is 4.74 Å². The molecule has 0 amide bonds. The molecule has 1 atom stereocenters. The summed E-state index contributed by atoms with van der Waals surface area (Å²) in [6, 6.07) is 6.01. The van der Waals surface area contributed by atoms with Gasteiger partial charge >= 0.3 is 5.97 Å². The first-order valence-corrected chi connectivity index (χ1v) is 8.61. The Morgan fingerprint density at radius 3 is 2.38 bits per heavy atom. The molecule has 0 aliphatic rings. The van der Waals surface area contributed by atoms with E-state index < -0.39 is 12.1 Å². The largest absolute Gasteiger partial charge is 0.479 e. The summed E-state index contributed by atoms with van der Waals surface area (Å²) < 4.78 is 5.88. The van der Waals surface area contributed by atoms with Gasteiger partial charge in [-0.25, -0.2) is 4.79 Å². The fourth-order valence-corrected chi connectivity index (χ4v) is 2.65. The molecule has 0 radical (unpaired) electrons. The summed E-state index contributed by atoms with van der Waals surface area (Å²) in [6.07, 6.45) is 0.559. The Hall–Kier alpha value is -1.26. The zero-order valence-corrected chi connectivity index (χ0v) is 16.4. The molecular formula is C19H32ClNO3. The van der Waals surface area contributed by atoms with E-state index >= 15 is 0 Å². The van der Waals surface area contributed by atoms with E-state index in [9.17, 15) is 9.90 Å². The summed E-state index contributed by atoms with van der Waals surface area (Å²) in [5, 5.41) is 9.47. The number of hydrogen-bond acceptors (Lipinski definition) is 3. The Labute approximate surface area is 152 Å². The van der Waals surface area contributed by atoms with Crippen molar-refractivity contribution in [3.63, 3.8) is 0 Å². The number of halogens is 1. The number of ether oxygens (including phenoxy) is 1. The van der Waals surface area contributed by atoms with Gasteiger partial charge in [0.05, 0.1) is 0 Å². The zero-order chi connectivity index (χ0) is 17.4. The summed E-state index contributed by atoms with van der Waals surface area (Å²) in [4.78, 5) is 13.8. The third-order valence-electron chi connectivity index (χ3n) is 4.17. The van der Waals surface area contributed by atoms with E-state index in [1.54, 1.807) is 0 Å². The molecule has 0 aliphatic heterocycles. The lowest BCUT2D eigenvalue weighted by Crippen LogP contribution is -2.30. The van der Waals surface area contributed by atoms with E-state index in [1.165, 1.54) is 0 Å². The van der Waals surface area contributed by atoms with Crippen LogP contribution in [0.25, 0.3) is 0 Å². The van der Waals surface area contributed by atoms with Crippen molar-refractivity contribution in [1.29, 1.82) is 0 Å². The first-order chi connectivity index (χ1) is 10.9. The van der Waals surface area contributed by atoms with Crippen molar-refractivity contribution in [1.82, 2.24) is 4.90 Å². The van der Waals surface area contributed by atoms with Crippen LogP contribution in [-0.2, 0) is 4.79 Å². The second-order valence-corrected chi connectivity index (χ2v) is 6.31. The molecule has 0 aromatic heterocycles. The van der Waals surface area contributed by atoms with Crippen LogP contribution in [0.15, 0.2) is 18.2 Å². The van der Waals surface area contributed by atoms with Gasteiger partial charge in [-0.15, -0.1) is 12.4 Å². The normalized spacial score (nSPS) is 12.1. The molecule has 0 spiro atoms. The second kappa shape index (κ2) is 11.3. The number of carbonyl (C=O) groups is 1. The van der Waals surface area contributed by atoms with Crippen LogP contribution in [0, 0.1) is 6.92 Å². The smallest absolute Gasteiger partial charge is 0.344 e. The third-order valence-corrected chi connectivity index (χ3v) is 4.17. The highest BCUT2D eigenvalue weighted by atomic mass is 35.5. The molecule has 0 saturated carbocycles. The van der Waals surface area contributed by atoms with Gasteiger partial charge < -0.3 is 14.7 Å². The quantitative estimate of drug-likeness (QED) is 0.670. The zero-order valence-electron chi connectivity index (χ0n) is 15.5. The van der Waals surface area contributed by atoms with Gasteiger partial charge in [-0.3, -0.25) is 0 Å². The van der Waals surface area contributed by atoms with Crippen molar-refractivity contribution < 1.29 is 14.6 Å². The molecule has 1 N–H and O–H groups in total. The van der Waals surface area contributed by atoms with Gasteiger partial charge in [0.15, 0.2) is 6.10 Å². The maximum atomic E-state index is 11.5. The minimum atomic E-state index is -0.888. The fourth-order valence-electron chi connectivity index (χ4n) is 2.65. The maximum Gasteiger partial charge on any atom is 0.344 e. The average molecular weight is 358 g/mol. The molecule has 1 aromatic rings.